The summed E-state index contributed by atoms with van der Waals surface area (Å²) in [7, 11) is -2.90. The highest BCUT2D eigenvalue weighted by molar-refractivity contribution is 7.84. The van der Waals surface area contributed by atoms with Crippen molar-refractivity contribution in [3.8, 4) is 0 Å². The maximum absolute atomic E-state index is 13.6. The zero-order valence-electron chi connectivity index (χ0n) is 20.8. The first-order chi connectivity index (χ1) is 18.1. The molecule has 0 spiro atoms. The van der Waals surface area contributed by atoms with Crippen molar-refractivity contribution in [3.05, 3.63) is 73.8 Å². The molecule has 2 aromatic heterocycles. The molecule has 10 nitrogen and oxygen atoms in total. The highest BCUT2D eigenvalue weighted by Gasteiger charge is 2.36. The third-order valence-electron chi connectivity index (χ3n) is 6.99. The van der Waals surface area contributed by atoms with Crippen LogP contribution in [0.1, 0.15) is 55.7 Å². The maximum Gasteiger partial charge on any atom is 0.335 e. The van der Waals surface area contributed by atoms with Crippen LogP contribution in [-0.4, -0.2) is 61.1 Å². The number of rotatable bonds is 8. The summed E-state index contributed by atoms with van der Waals surface area (Å²) in [5, 5.41) is 17.8. The fourth-order valence-electron chi connectivity index (χ4n) is 5.13. The van der Waals surface area contributed by atoms with Crippen LogP contribution in [0.3, 0.4) is 0 Å². The Balaban J connectivity index is 1.37. The van der Waals surface area contributed by atoms with E-state index >= 15 is 0 Å². The van der Waals surface area contributed by atoms with Crippen LogP contribution in [0.25, 0.3) is 0 Å². The normalized spacial score (nSPS) is 23.3. The number of benzene rings is 1. The van der Waals surface area contributed by atoms with E-state index in [9.17, 15) is 18.3 Å². The number of aromatic nitrogens is 2. The van der Waals surface area contributed by atoms with Crippen molar-refractivity contribution in [1.29, 1.82) is 0 Å². The molecule has 1 fully saturated rings. The predicted octanol–water partition coefficient (Wildman–Crippen LogP) is 2.75. The lowest BCUT2D eigenvalue weighted by atomic mass is 9.90. The minimum absolute atomic E-state index is 0.0624. The summed E-state index contributed by atoms with van der Waals surface area (Å²) in [6.07, 6.45) is 3.37. The van der Waals surface area contributed by atoms with Gasteiger partial charge < -0.3 is 15.7 Å². The summed E-state index contributed by atoms with van der Waals surface area (Å²) in [4.78, 5) is 23.6. The molecule has 4 N–H and O–H groups in total. The van der Waals surface area contributed by atoms with Crippen molar-refractivity contribution in [2.75, 3.05) is 19.0 Å². The molecular weight excluding hydrogens is 550 g/mol. The maximum atomic E-state index is 13.6. The van der Waals surface area contributed by atoms with Gasteiger partial charge in [-0.3, -0.25) is 8.98 Å². The number of aryl methyl sites for hydroxylation is 1. The van der Waals surface area contributed by atoms with E-state index in [-0.39, 0.29) is 24.3 Å². The van der Waals surface area contributed by atoms with Crippen LogP contribution in [0.2, 0.25) is 5.02 Å². The van der Waals surface area contributed by atoms with Gasteiger partial charge in [-0.25, -0.2) is 9.97 Å². The number of fused-ring (bicyclic) bond motifs is 1. The van der Waals surface area contributed by atoms with Gasteiger partial charge in [0.2, 0.25) is 5.78 Å². The van der Waals surface area contributed by atoms with Gasteiger partial charge in [-0.1, -0.05) is 17.7 Å². The highest BCUT2D eigenvalue weighted by atomic mass is 35.5. The Morgan fingerprint density at radius 1 is 1.26 bits per heavy atom. The average molecular weight is 578 g/mol. The molecule has 5 rings (SSSR count). The molecule has 0 radical (unpaired) electrons. The van der Waals surface area contributed by atoms with Crippen molar-refractivity contribution >= 4 is 44.8 Å². The molecule has 3 heterocycles. The van der Waals surface area contributed by atoms with Gasteiger partial charge in [0.15, 0.2) is 0 Å². The smallest absolute Gasteiger partial charge is 0.335 e. The number of nitrogens with zero attached hydrogens (tertiary/aromatic N) is 2. The van der Waals surface area contributed by atoms with Crippen molar-refractivity contribution in [3.63, 3.8) is 0 Å². The second kappa shape index (κ2) is 11.0. The van der Waals surface area contributed by atoms with E-state index in [4.69, 9.17) is 11.6 Å². The molecule has 0 bridgehead atoms. The highest BCUT2D eigenvalue weighted by Crippen LogP contribution is 2.37. The Kier molecular flexibility index (Phi) is 7.83. The van der Waals surface area contributed by atoms with Gasteiger partial charge >= 0.3 is 10.3 Å². The molecule has 0 amide bonds. The molecule has 202 valence electrons. The second-order valence-corrected chi connectivity index (χ2v) is 12.6. The SMILES string of the molecule is COS(=O)(=O)N[C@@H]1C[C@@H](Nc2ncncc2C(=O)c2cc([C@@H]3NCCc4ccc(Cl)cc43)c(C)s2)C[C@@H]1O. The predicted molar refractivity (Wildman–Crippen MR) is 145 cm³/mol. The van der Waals surface area contributed by atoms with Gasteiger partial charge in [-0.2, -0.15) is 13.1 Å². The van der Waals surface area contributed by atoms with Crippen LogP contribution in [0.4, 0.5) is 5.82 Å². The summed E-state index contributed by atoms with van der Waals surface area (Å²) < 4.78 is 30.3. The fraction of sp³-hybridized carbons (Fsp3) is 0.400. The summed E-state index contributed by atoms with van der Waals surface area (Å²) in [6.45, 7) is 2.83. The number of carbonyl (C=O) groups excluding carboxylic acids is 1. The summed E-state index contributed by atoms with van der Waals surface area (Å²) >= 11 is 7.71. The van der Waals surface area contributed by atoms with E-state index in [1.807, 2.05) is 25.1 Å². The monoisotopic (exact) mass is 577 g/mol. The first-order valence-corrected chi connectivity index (χ1v) is 14.7. The Labute approximate surface area is 230 Å². The van der Waals surface area contributed by atoms with Crippen LogP contribution in [0, 0.1) is 6.92 Å². The molecule has 4 atom stereocenters. The van der Waals surface area contributed by atoms with E-state index < -0.39 is 22.4 Å². The molecule has 0 unspecified atom stereocenters. The van der Waals surface area contributed by atoms with Crippen LogP contribution in [0.15, 0.2) is 36.8 Å². The number of anilines is 1. The van der Waals surface area contributed by atoms with Gasteiger partial charge in [0.25, 0.3) is 0 Å². The summed E-state index contributed by atoms with van der Waals surface area (Å²) in [5.74, 6) is 0.114. The molecule has 1 aliphatic carbocycles. The lowest BCUT2D eigenvalue weighted by Crippen LogP contribution is -2.40. The lowest BCUT2D eigenvalue weighted by Gasteiger charge is -2.27. The molecule has 0 saturated heterocycles. The van der Waals surface area contributed by atoms with E-state index in [1.165, 1.54) is 29.4 Å². The van der Waals surface area contributed by atoms with Crippen LogP contribution >= 0.6 is 22.9 Å². The molecular formula is C25H28ClN5O5S2. The minimum Gasteiger partial charge on any atom is -0.391 e. The third-order valence-corrected chi connectivity index (χ3v) is 9.32. The van der Waals surface area contributed by atoms with E-state index in [2.05, 4.69) is 35.6 Å². The molecule has 1 aromatic carbocycles. The molecule has 1 aliphatic heterocycles. The second-order valence-electron chi connectivity index (χ2n) is 9.44. The third kappa shape index (κ3) is 5.62. The van der Waals surface area contributed by atoms with E-state index in [0.717, 1.165) is 36.1 Å². The molecule has 1 saturated carbocycles. The Morgan fingerprint density at radius 3 is 2.87 bits per heavy atom. The summed E-state index contributed by atoms with van der Waals surface area (Å²) in [5.41, 5.74) is 3.69. The molecule has 2 aliphatic rings. The molecule has 13 heteroatoms. The standard InChI is InChI=1S/C25H28ClN5O5S2/c1-13-17(23-18-7-15(26)4-3-14(18)5-6-28-23)10-22(37-13)24(33)19-11-27-12-29-25(19)30-16-8-20(21(32)9-16)31-38(34,35)36-2/h3-4,7,10-12,16,20-21,23,28,31-32H,5-6,8-9H2,1-2H3,(H,27,29,30)/t16-,20-,21+,23+/m1/s1. The quantitative estimate of drug-likeness (QED) is 0.297. The van der Waals surface area contributed by atoms with E-state index in [0.29, 0.717) is 27.7 Å². The zero-order chi connectivity index (χ0) is 27.0. The topological polar surface area (TPSA) is 143 Å². The van der Waals surface area contributed by atoms with Crippen molar-refractivity contribution in [2.24, 2.45) is 0 Å². The van der Waals surface area contributed by atoms with Crippen molar-refractivity contribution in [2.45, 2.75) is 50.4 Å². The average Bonchev–Trinajstić information content (AvgIpc) is 3.44. The van der Waals surface area contributed by atoms with Gasteiger partial charge in [0, 0.05) is 28.7 Å². The minimum atomic E-state index is -3.95. The number of ketones is 1. The fourth-order valence-corrected chi connectivity index (χ4v) is 7.04. The first kappa shape index (κ1) is 27.1. The summed E-state index contributed by atoms with van der Waals surface area (Å²) in [6, 6.07) is 6.76. The number of aliphatic hydroxyl groups excluding tert-OH is 1. The van der Waals surface area contributed by atoms with Crippen LogP contribution < -0.4 is 15.4 Å². The van der Waals surface area contributed by atoms with Gasteiger partial charge in [0.05, 0.1) is 35.7 Å². The number of thiophene rings is 1. The number of aliphatic hydroxyl groups is 1. The van der Waals surface area contributed by atoms with Gasteiger partial charge in [-0.05, 0) is 61.1 Å². The van der Waals surface area contributed by atoms with Gasteiger partial charge in [0.1, 0.15) is 12.1 Å². The van der Waals surface area contributed by atoms with Crippen molar-refractivity contribution in [1.82, 2.24) is 20.0 Å². The first-order valence-electron chi connectivity index (χ1n) is 12.1. The van der Waals surface area contributed by atoms with Crippen LogP contribution in [-0.2, 0) is 20.9 Å². The Bertz CT molecular complexity index is 1460. The van der Waals surface area contributed by atoms with Crippen molar-refractivity contribution < 1.29 is 22.5 Å². The molecule has 38 heavy (non-hydrogen) atoms. The van der Waals surface area contributed by atoms with Gasteiger partial charge in [-0.15, -0.1) is 11.3 Å². The number of nitrogens with one attached hydrogen (secondary N) is 3. The molecule has 3 aromatic rings. The number of hydrogen-bond acceptors (Lipinski definition) is 10. The Hall–Kier alpha value is -2.45. The van der Waals surface area contributed by atoms with Crippen LogP contribution in [0.5, 0.6) is 0 Å². The number of halogens is 1. The number of hydrogen-bond donors (Lipinski definition) is 4. The largest absolute Gasteiger partial charge is 0.391 e. The lowest BCUT2D eigenvalue weighted by molar-refractivity contribution is 0.104. The zero-order valence-corrected chi connectivity index (χ0v) is 23.2. The number of carbonyl (C=O) groups is 1. The van der Waals surface area contributed by atoms with E-state index in [1.54, 1.807) is 0 Å². The Morgan fingerprint density at radius 2 is 2.08 bits per heavy atom.